The van der Waals surface area contributed by atoms with E-state index in [0.29, 0.717) is 25.0 Å². The van der Waals surface area contributed by atoms with E-state index in [-0.39, 0.29) is 0 Å². The number of carbonyl (C=O) groups excluding carboxylic acids is 1. The second-order valence-electron chi connectivity index (χ2n) is 6.20. The molecule has 1 saturated carbocycles. The number of rotatable bonds is 5. The van der Waals surface area contributed by atoms with Gasteiger partial charge in [-0.2, -0.15) is 0 Å². The second kappa shape index (κ2) is 8.25. The Balaban J connectivity index is 1.54. The van der Waals surface area contributed by atoms with Crippen LogP contribution < -0.4 is 0 Å². The normalized spacial score (nSPS) is 26.2. The van der Waals surface area contributed by atoms with Gasteiger partial charge in [0.05, 0.1) is 18.3 Å². The van der Waals surface area contributed by atoms with Crippen molar-refractivity contribution in [2.75, 3.05) is 0 Å². The maximum absolute atomic E-state index is 12.1. The molecule has 1 aliphatic rings. The van der Waals surface area contributed by atoms with Crippen molar-refractivity contribution in [1.82, 2.24) is 0 Å². The summed E-state index contributed by atoms with van der Waals surface area (Å²) in [6.07, 6.45) is -2.52. The summed E-state index contributed by atoms with van der Waals surface area (Å²) in [6.45, 7) is 0.365. The van der Waals surface area contributed by atoms with Crippen LogP contribution in [0.1, 0.15) is 28.8 Å². The third-order valence-corrected chi connectivity index (χ3v) is 4.42. The Hall–Kier alpha value is -2.21. The number of carbonyl (C=O) groups is 1. The largest absolute Gasteiger partial charge is 0.456 e. The number of aliphatic hydroxyl groups is 2. The summed E-state index contributed by atoms with van der Waals surface area (Å²) < 4.78 is 11.1. The van der Waals surface area contributed by atoms with Crippen LogP contribution in [0.15, 0.2) is 60.7 Å². The van der Waals surface area contributed by atoms with Crippen molar-refractivity contribution in [2.24, 2.45) is 0 Å². The molecule has 0 unspecified atom stereocenters. The third-order valence-electron chi connectivity index (χ3n) is 4.42. The SMILES string of the molecule is O=C(O[C@@H]1CC[C@@H](OCc2ccccc2)[C@@H](O)[C@H]1O)c1ccccc1. The molecule has 1 fully saturated rings. The van der Waals surface area contributed by atoms with Crippen LogP contribution in [0.3, 0.4) is 0 Å². The van der Waals surface area contributed by atoms with Gasteiger partial charge in [-0.05, 0) is 30.5 Å². The van der Waals surface area contributed by atoms with Crippen LogP contribution in [0.25, 0.3) is 0 Å². The lowest BCUT2D eigenvalue weighted by atomic mass is 9.89. The zero-order valence-corrected chi connectivity index (χ0v) is 13.8. The molecule has 3 rings (SSSR count). The molecule has 0 spiro atoms. The molecule has 1 aliphatic carbocycles. The van der Waals surface area contributed by atoms with Crippen molar-refractivity contribution in [3.05, 3.63) is 71.8 Å². The minimum absolute atomic E-state index is 0.365. The number of aliphatic hydroxyl groups excluding tert-OH is 2. The minimum atomic E-state index is -1.16. The summed E-state index contributed by atoms with van der Waals surface area (Å²) in [5, 5.41) is 20.6. The Kier molecular flexibility index (Phi) is 5.81. The first-order valence-electron chi connectivity index (χ1n) is 8.43. The number of esters is 1. The van der Waals surface area contributed by atoms with Gasteiger partial charge in [-0.15, -0.1) is 0 Å². The predicted octanol–water partition coefficient (Wildman–Crippen LogP) is 2.31. The Morgan fingerprint density at radius 3 is 2.12 bits per heavy atom. The highest BCUT2D eigenvalue weighted by Gasteiger charge is 2.40. The first-order valence-corrected chi connectivity index (χ1v) is 8.43. The molecular formula is C20H22O5. The van der Waals surface area contributed by atoms with Crippen LogP contribution in [0, 0.1) is 0 Å². The van der Waals surface area contributed by atoms with E-state index < -0.39 is 30.4 Å². The average Bonchev–Trinajstić information content (AvgIpc) is 2.66. The zero-order valence-electron chi connectivity index (χ0n) is 13.8. The van der Waals surface area contributed by atoms with E-state index in [1.165, 1.54) is 0 Å². The van der Waals surface area contributed by atoms with Crippen LogP contribution in [0.4, 0.5) is 0 Å². The van der Waals surface area contributed by atoms with E-state index in [1.54, 1.807) is 24.3 Å². The van der Waals surface area contributed by atoms with E-state index >= 15 is 0 Å². The first kappa shape index (κ1) is 17.6. The van der Waals surface area contributed by atoms with Crippen LogP contribution in [-0.4, -0.2) is 40.6 Å². The number of ether oxygens (including phenoxy) is 2. The van der Waals surface area contributed by atoms with Gasteiger partial charge < -0.3 is 19.7 Å². The van der Waals surface area contributed by atoms with Crippen molar-refractivity contribution in [2.45, 2.75) is 43.9 Å². The molecule has 2 aromatic carbocycles. The van der Waals surface area contributed by atoms with Crippen LogP contribution >= 0.6 is 0 Å². The van der Waals surface area contributed by atoms with E-state index in [0.717, 1.165) is 5.56 Å². The number of hydrogen-bond acceptors (Lipinski definition) is 5. The molecule has 0 amide bonds. The molecule has 132 valence electrons. The molecule has 0 radical (unpaired) electrons. The van der Waals surface area contributed by atoms with Crippen molar-refractivity contribution < 1.29 is 24.5 Å². The summed E-state index contributed by atoms with van der Waals surface area (Å²) >= 11 is 0. The Bertz CT molecular complexity index is 673. The highest BCUT2D eigenvalue weighted by molar-refractivity contribution is 5.89. The fourth-order valence-electron chi connectivity index (χ4n) is 2.98. The molecule has 2 aromatic rings. The van der Waals surface area contributed by atoms with Gasteiger partial charge in [0.15, 0.2) is 0 Å². The Morgan fingerprint density at radius 2 is 1.44 bits per heavy atom. The lowest BCUT2D eigenvalue weighted by Crippen LogP contribution is -2.51. The fraction of sp³-hybridized carbons (Fsp3) is 0.350. The average molecular weight is 342 g/mol. The third kappa shape index (κ3) is 4.45. The molecular weight excluding hydrogens is 320 g/mol. The van der Waals surface area contributed by atoms with Gasteiger partial charge in [-0.3, -0.25) is 0 Å². The van der Waals surface area contributed by atoms with Gasteiger partial charge in [0.25, 0.3) is 0 Å². The predicted molar refractivity (Wildman–Crippen MR) is 91.9 cm³/mol. The Labute approximate surface area is 146 Å². The molecule has 5 heteroatoms. The van der Waals surface area contributed by atoms with Crippen molar-refractivity contribution >= 4 is 5.97 Å². The molecule has 0 saturated heterocycles. The van der Waals surface area contributed by atoms with Crippen LogP contribution in [0.2, 0.25) is 0 Å². The highest BCUT2D eigenvalue weighted by atomic mass is 16.6. The highest BCUT2D eigenvalue weighted by Crippen LogP contribution is 2.26. The molecule has 25 heavy (non-hydrogen) atoms. The lowest BCUT2D eigenvalue weighted by Gasteiger charge is -2.36. The first-order chi connectivity index (χ1) is 12.1. The monoisotopic (exact) mass is 342 g/mol. The molecule has 2 N–H and O–H groups in total. The summed E-state index contributed by atoms with van der Waals surface area (Å²) in [5.74, 6) is -0.500. The van der Waals surface area contributed by atoms with E-state index in [2.05, 4.69) is 0 Å². The van der Waals surface area contributed by atoms with E-state index in [9.17, 15) is 15.0 Å². The summed E-state index contributed by atoms with van der Waals surface area (Å²) in [6, 6.07) is 18.3. The lowest BCUT2D eigenvalue weighted by molar-refractivity contribution is -0.158. The molecule has 5 nitrogen and oxygen atoms in total. The van der Waals surface area contributed by atoms with Crippen LogP contribution in [0.5, 0.6) is 0 Å². The van der Waals surface area contributed by atoms with Gasteiger partial charge in [-0.25, -0.2) is 4.79 Å². The van der Waals surface area contributed by atoms with Crippen molar-refractivity contribution in [3.63, 3.8) is 0 Å². The van der Waals surface area contributed by atoms with Crippen molar-refractivity contribution in [3.8, 4) is 0 Å². The number of hydrogen-bond donors (Lipinski definition) is 2. The smallest absolute Gasteiger partial charge is 0.338 e. The molecule has 4 atom stereocenters. The molecule has 0 aromatic heterocycles. The number of benzene rings is 2. The van der Waals surface area contributed by atoms with Gasteiger partial charge in [0, 0.05) is 0 Å². The standard InChI is InChI=1S/C20H22O5/c21-18-16(24-13-14-7-3-1-4-8-14)11-12-17(19(18)22)25-20(23)15-9-5-2-6-10-15/h1-10,16-19,21-22H,11-13H2/t16-,17-,18-,19+/m1/s1. The quantitative estimate of drug-likeness (QED) is 0.816. The summed E-state index contributed by atoms with van der Waals surface area (Å²) in [5.41, 5.74) is 1.42. The van der Waals surface area contributed by atoms with Gasteiger partial charge in [0.1, 0.15) is 18.3 Å². The fourth-order valence-corrected chi connectivity index (χ4v) is 2.98. The zero-order chi connectivity index (χ0) is 17.6. The van der Waals surface area contributed by atoms with Crippen molar-refractivity contribution in [1.29, 1.82) is 0 Å². The second-order valence-corrected chi connectivity index (χ2v) is 6.20. The molecule has 0 bridgehead atoms. The van der Waals surface area contributed by atoms with Gasteiger partial charge in [0.2, 0.25) is 0 Å². The molecule has 0 heterocycles. The topological polar surface area (TPSA) is 76.0 Å². The van der Waals surface area contributed by atoms with Crippen LogP contribution in [-0.2, 0) is 16.1 Å². The summed E-state index contributed by atoms with van der Waals surface area (Å²) in [7, 11) is 0. The van der Waals surface area contributed by atoms with Gasteiger partial charge in [-0.1, -0.05) is 48.5 Å². The van der Waals surface area contributed by atoms with E-state index in [1.807, 2.05) is 36.4 Å². The minimum Gasteiger partial charge on any atom is -0.456 e. The van der Waals surface area contributed by atoms with E-state index in [4.69, 9.17) is 9.47 Å². The maximum atomic E-state index is 12.1. The van der Waals surface area contributed by atoms with Gasteiger partial charge >= 0.3 is 5.97 Å². The maximum Gasteiger partial charge on any atom is 0.338 e. The molecule has 0 aliphatic heterocycles. The summed E-state index contributed by atoms with van der Waals surface area (Å²) in [4.78, 5) is 12.1. The Morgan fingerprint density at radius 1 is 0.880 bits per heavy atom.